The molecule has 0 radical (unpaired) electrons. The van der Waals surface area contributed by atoms with Crippen LogP contribution in [0.1, 0.15) is 31.1 Å². The molecule has 29 heavy (non-hydrogen) atoms. The van der Waals surface area contributed by atoms with E-state index < -0.39 is 27.8 Å². The quantitative estimate of drug-likeness (QED) is 0.379. The van der Waals surface area contributed by atoms with Crippen LogP contribution in [0.15, 0.2) is 53.4 Å². The number of sulfonamides is 1. The van der Waals surface area contributed by atoms with E-state index in [0.717, 1.165) is 4.90 Å². The minimum atomic E-state index is -3.82. The summed E-state index contributed by atoms with van der Waals surface area (Å²) in [5, 5.41) is 0. The first-order valence-corrected chi connectivity index (χ1v) is 9.97. The van der Waals surface area contributed by atoms with Crippen molar-refractivity contribution in [3.63, 3.8) is 0 Å². The van der Waals surface area contributed by atoms with Crippen molar-refractivity contribution in [2.24, 2.45) is 0 Å². The average Bonchev–Trinajstić information content (AvgIpc) is 2.98. The summed E-state index contributed by atoms with van der Waals surface area (Å²) in [5.41, 5.74) is 0.773. The van der Waals surface area contributed by atoms with Gasteiger partial charge in [-0.05, 0) is 36.4 Å². The van der Waals surface area contributed by atoms with Crippen molar-refractivity contribution in [1.82, 2.24) is 9.37 Å². The summed E-state index contributed by atoms with van der Waals surface area (Å²) in [4.78, 5) is 42.3. The van der Waals surface area contributed by atoms with Gasteiger partial charge in [-0.15, -0.1) is 0 Å². The Morgan fingerprint density at radius 3 is 2.07 bits per heavy atom. The average molecular weight is 418 g/mol. The summed E-state index contributed by atoms with van der Waals surface area (Å²) in [6, 6.07) is 11.6. The van der Waals surface area contributed by atoms with Gasteiger partial charge in [0, 0.05) is 7.05 Å². The number of hydrogen-bond acceptors (Lipinski definition) is 7. The number of fused-ring (bicyclic) bond motifs is 1. The fourth-order valence-electron chi connectivity index (χ4n) is 2.76. The van der Waals surface area contributed by atoms with Gasteiger partial charge in [-0.1, -0.05) is 16.6 Å². The Labute approximate surface area is 167 Å². The van der Waals surface area contributed by atoms with Crippen LogP contribution in [0.25, 0.3) is 0 Å². The molecule has 0 aliphatic carbocycles. The molecule has 9 nitrogen and oxygen atoms in total. The lowest BCUT2D eigenvalue weighted by Gasteiger charge is -2.15. The van der Waals surface area contributed by atoms with Gasteiger partial charge in [0.05, 0.1) is 35.2 Å². The van der Waals surface area contributed by atoms with Gasteiger partial charge in [-0.25, -0.2) is 13.2 Å². The van der Waals surface area contributed by atoms with Gasteiger partial charge in [0.2, 0.25) is 0 Å². The number of rotatable bonds is 7. The molecule has 0 unspecified atom stereocenters. The van der Waals surface area contributed by atoms with Gasteiger partial charge in [-0.3, -0.25) is 19.3 Å². The van der Waals surface area contributed by atoms with Gasteiger partial charge in [-0.2, -0.15) is 0 Å². The summed E-state index contributed by atoms with van der Waals surface area (Å²) in [6.07, 6.45) is 0. The molecule has 0 fully saturated rings. The van der Waals surface area contributed by atoms with E-state index in [4.69, 9.17) is 4.74 Å². The number of nitrogens with zero attached hydrogens (tertiary/aromatic N) is 2. The molecule has 1 aliphatic heterocycles. The maximum atomic E-state index is 12.3. The Morgan fingerprint density at radius 1 is 1.00 bits per heavy atom. The number of benzene rings is 2. The summed E-state index contributed by atoms with van der Waals surface area (Å²) in [6.45, 7) is -0.264. The lowest BCUT2D eigenvalue weighted by atomic mass is 10.1. The van der Waals surface area contributed by atoms with Crippen LogP contribution >= 0.6 is 0 Å². The van der Waals surface area contributed by atoms with E-state index >= 15 is 0 Å². The van der Waals surface area contributed by atoms with Crippen molar-refractivity contribution in [3.05, 3.63) is 65.2 Å². The van der Waals surface area contributed by atoms with Crippen LogP contribution in [-0.4, -0.2) is 62.9 Å². The highest BCUT2D eigenvalue weighted by Gasteiger charge is 2.34. The Morgan fingerprint density at radius 2 is 1.55 bits per heavy atom. The third-order valence-electron chi connectivity index (χ3n) is 4.41. The molecule has 1 aliphatic rings. The number of imide groups is 1. The molecule has 1 heterocycles. The molecule has 0 saturated heterocycles. The molecular formula is C19H18N2O7S. The van der Waals surface area contributed by atoms with Crippen molar-refractivity contribution in [2.45, 2.75) is 4.90 Å². The van der Waals surface area contributed by atoms with E-state index in [1.165, 1.54) is 38.4 Å². The second-order valence-corrected chi connectivity index (χ2v) is 8.00. The first kappa shape index (κ1) is 20.6. The number of amides is 2. The first-order valence-electron chi connectivity index (χ1n) is 8.53. The second kappa shape index (κ2) is 8.11. The van der Waals surface area contributed by atoms with Crippen LogP contribution in [0.3, 0.4) is 0 Å². The highest BCUT2D eigenvalue weighted by Crippen LogP contribution is 2.22. The van der Waals surface area contributed by atoms with Crippen molar-refractivity contribution in [2.75, 3.05) is 27.3 Å². The molecule has 152 valence electrons. The Balaban J connectivity index is 1.59. The zero-order valence-corrected chi connectivity index (χ0v) is 16.5. The summed E-state index contributed by atoms with van der Waals surface area (Å²) >= 11 is 0. The molecule has 2 amide bonds. The number of hydroxylamine groups is 1. The third-order valence-corrected chi connectivity index (χ3v) is 6.10. The van der Waals surface area contributed by atoms with E-state index in [0.29, 0.717) is 15.6 Å². The predicted molar refractivity (Wildman–Crippen MR) is 100 cm³/mol. The molecule has 0 N–H and O–H groups in total. The largest absolute Gasteiger partial charge is 0.460 e. The summed E-state index contributed by atoms with van der Waals surface area (Å²) in [5.74, 6) is -1.57. The van der Waals surface area contributed by atoms with Crippen LogP contribution < -0.4 is 0 Å². The predicted octanol–water partition coefficient (Wildman–Crippen LogP) is 1.32. The normalized spacial score (nSPS) is 13.7. The molecule has 2 aromatic rings. The van der Waals surface area contributed by atoms with Crippen molar-refractivity contribution < 1.29 is 32.4 Å². The minimum absolute atomic E-state index is 0.0515. The first-order chi connectivity index (χ1) is 13.8. The van der Waals surface area contributed by atoms with Gasteiger partial charge in [0.15, 0.2) is 0 Å². The van der Waals surface area contributed by atoms with Gasteiger partial charge in [0.25, 0.3) is 21.8 Å². The van der Waals surface area contributed by atoms with E-state index in [-0.39, 0.29) is 23.6 Å². The fraction of sp³-hybridized carbons (Fsp3) is 0.211. The van der Waals surface area contributed by atoms with E-state index in [2.05, 4.69) is 4.84 Å². The smallest absolute Gasteiger partial charge is 0.338 e. The molecule has 0 atom stereocenters. The van der Waals surface area contributed by atoms with E-state index in [1.54, 1.807) is 24.3 Å². The zero-order chi connectivity index (χ0) is 21.2. The Hall–Kier alpha value is -3.08. The van der Waals surface area contributed by atoms with Crippen molar-refractivity contribution >= 4 is 27.8 Å². The van der Waals surface area contributed by atoms with Gasteiger partial charge < -0.3 is 4.74 Å². The van der Waals surface area contributed by atoms with Crippen LogP contribution in [0.5, 0.6) is 0 Å². The number of carbonyl (C=O) groups excluding carboxylic acids is 3. The third kappa shape index (κ3) is 3.90. The maximum absolute atomic E-state index is 12.3. The number of carbonyl (C=O) groups is 3. The topological polar surface area (TPSA) is 110 Å². The number of ether oxygens (including phenoxy) is 1. The van der Waals surface area contributed by atoms with E-state index in [1.807, 2.05) is 0 Å². The number of hydrogen-bond donors (Lipinski definition) is 0. The highest BCUT2D eigenvalue weighted by molar-refractivity contribution is 7.89. The van der Waals surface area contributed by atoms with Gasteiger partial charge in [0.1, 0.15) is 6.61 Å². The van der Waals surface area contributed by atoms with Crippen LogP contribution in [0.2, 0.25) is 0 Å². The van der Waals surface area contributed by atoms with Crippen molar-refractivity contribution in [1.29, 1.82) is 0 Å². The van der Waals surface area contributed by atoms with Crippen LogP contribution in [0, 0.1) is 0 Å². The van der Waals surface area contributed by atoms with Crippen LogP contribution in [0.4, 0.5) is 0 Å². The molecule has 0 spiro atoms. The molecule has 3 rings (SSSR count). The molecule has 10 heteroatoms. The summed E-state index contributed by atoms with van der Waals surface area (Å²) < 4.78 is 30.1. The highest BCUT2D eigenvalue weighted by atomic mass is 32.2. The van der Waals surface area contributed by atoms with Crippen molar-refractivity contribution in [3.8, 4) is 0 Å². The maximum Gasteiger partial charge on any atom is 0.338 e. The Kier molecular flexibility index (Phi) is 5.78. The lowest BCUT2D eigenvalue weighted by Crippen LogP contribution is -2.33. The zero-order valence-electron chi connectivity index (χ0n) is 15.7. The molecule has 0 aromatic heterocycles. The lowest BCUT2D eigenvalue weighted by molar-refractivity contribution is -0.0258. The summed E-state index contributed by atoms with van der Waals surface area (Å²) in [7, 11) is -1.35. The van der Waals surface area contributed by atoms with Gasteiger partial charge >= 0.3 is 5.97 Å². The molecule has 2 aromatic carbocycles. The monoisotopic (exact) mass is 418 g/mol. The standard InChI is InChI=1S/C19H18N2O7S/c1-20(27-2)29(25,26)14-9-7-13(8-10-14)19(24)28-12-11-21-17(22)15-5-3-4-6-16(15)18(21)23/h3-10H,11-12H2,1-2H3. The molecule has 0 bridgehead atoms. The number of esters is 1. The fourth-order valence-corrected chi connectivity index (χ4v) is 3.74. The minimum Gasteiger partial charge on any atom is -0.460 e. The molecule has 0 saturated carbocycles. The second-order valence-electron chi connectivity index (χ2n) is 6.07. The Bertz CT molecular complexity index is 1030. The SMILES string of the molecule is CON(C)S(=O)(=O)c1ccc(C(=O)OCCN2C(=O)c3ccccc3C2=O)cc1. The van der Waals surface area contributed by atoms with E-state index in [9.17, 15) is 22.8 Å². The van der Waals surface area contributed by atoms with Crippen LogP contribution in [-0.2, 0) is 19.6 Å². The molecular weight excluding hydrogens is 400 g/mol.